The predicted molar refractivity (Wildman–Crippen MR) is 85.2 cm³/mol. The summed E-state index contributed by atoms with van der Waals surface area (Å²) in [6, 6.07) is 14.0. The van der Waals surface area contributed by atoms with E-state index < -0.39 is 0 Å². The van der Waals surface area contributed by atoms with Crippen molar-refractivity contribution in [2.45, 2.75) is 19.4 Å². The standard InChI is InChI=1S/C18H21FN2/c1-20-13-16-17(19)7-4-8-18(16)21-11-9-14-5-2-3-6-15(14)10-12-21/h2-8,20H,9-13H2,1H3. The Kier molecular flexibility index (Phi) is 4.20. The van der Waals surface area contributed by atoms with E-state index >= 15 is 0 Å². The number of halogens is 1. The molecule has 0 aliphatic carbocycles. The van der Waals surface area contributed by atoms with Gasteiger partial charge in [0.15, 0.2) is 0 Å². The Morgan fingerprint density at radius 1 is 1.00 bits per heavy atom. The van der Waals surface area contributed by atoms with Crippen LogP contribution in [0.15, 0.2) is 42.5 Å². The molecule has 0 spiro atoms. The van der Waals surface area contributed by atoms with Gasteiger partial charge in [0.2, 0.25) is 0 Å². The SMILES string of the molecule is CNCc1c(F)cccc1N1CCc2ccccc2CC1. The lowest BCUT2D eigenvalue weighted by Gasteiger charge is -2.25. The summed E-state index contributed by atoms with van der Waals surface area (Å²) in [7, 11) is 1.86. The molecule has 0 radical (unpaired) electrons. The molecule has 0 amide bonds. The van der Waals surface area contributed by atoms with Crippen molar-refractivity contribution >= 4 is 5.69 Å². The van der Waals surface area contributed by atoms with Gasteiger partial charge in [-0.05, 0) is 43.1 Å². The van der Waals surface area contributed by atoms with Gasteiger partial charge in [-0.2, -0.15) is 0 Å². The fourth-order valence-corrected chi connectivity index (χ4v) is 3.10. The maximum Gasteiger partial charge on any atom is 0.129 e. The number of fused-ring (bicyclic) bond motifs is 1. The van der Waals surface area contributed by atoms with E-state index in [0.717, 1.165) is 37.2 Å². The van der Waals surface area contributed by atoms with Crippen molar-refractivity contribution in [3.63, 3.8) is 0 Å². The van der Waals surface area contributed by atoms with E-state index in [1.807, 2.05) is 19.2 Å². The molecule has 0 aromatic heterocycles. The smallest absolute Gasteiger partial charge is 0.129 e. The first-order valence-electron chi connectivity index (χ1n) is 7.53. The second-order valence-electron chi connectivity index (χ2n) is 5.52. The summed E-state index contributed by atoms with van der Waals surface area (Å²) in [6.45, 7) is 2.44. The lowest BCUT2D eigenvalue weighted by atomic mass is 10.0. The number of hydrogen-bond acceptors (Lipinski definition) is 2. The molecule has 2 nitrogen and oxygen atoms in total. The number of nitrogens with zero attached hydrogens (tertiary/aromatic N) is 1. The molecule has 2 aromatic rings. The van der Waals surface area contributed by atoms with Gasteiger partial charge >= 0.3 is 0 Å². The number of rotatable bonds is 3. The average molecular weight is 284 g/mol. The van der Waals surface area contributed by atoms with Gasteiger partial charge in [0.1, 0.15) is 5.82 Å². The van der Waals surface area contributed by atoms with Crippen molar-refractivity contribution in [1.82, 2.24) is 5.32 Å². The topological polar surface area (TPSA) is 15.3 Å². The van der Waals surface area contributed by atoms with Crippen LogP contribution in [0.1, 0.15) is 16.7 Å². The van der Waals surface area contributed by atoms with Gasteiger partial charge < -0.3 is 10.2 Å². The zero-order chi connectivity index (χ0) is 14.7. The highest BCUT2D eigenvalue weighted by molar-refractivity contribution is 5.55. The predicted octanol–water partition coefficient (Wildman–Crippen LogP) is 3.15. The summed E-state index contributed by atoms with van der Waals surface area (Å²) < 4.78 is 14.1. The van der Waals surface area contributed by atoms with Gasteiger partial charge in [0, 0.05) is 30.9 Å². The third-order valence-corrected chi connectivity index (χ3v) is 4.21. The molecule has 0 atom stereocenters. The van der Waals surface area contributed by atoms with Crippen LogP contribution in [0.25, 0.3) is 0 Å². The highest BCUT2D eigenvalue weighted by Gasteiger charge is 2.17. The van der Waals surface area contributed by atoms with Gasteiger partial charge in [-0.15, -0.1) is 0 Å². The minimum Gasteiger partial charge on any atom is -0.371 e. The zero-order valence-electron chi connectivity index (χ0n) is 12.4. The van der Waals surface area contributed by atoms with Crippen LogP contribution in [0, 0.1) is 5.82 Å². The molecule has 0 fully saturated rings. The summed E-state index contributed by atoms with van der Waals surface area (Å²) in [4.78, 5) is 2.32. The minimum atomic E-state index is -0.122. The number of nitrogens with one attached hydrogen (secondary N) is 1. The van der Waals surface area contributed by atoms with E-state index in [4.69, 9.17) is 0 Å². The normalized spacial score (nSPS) is 14.7. The molecule has 0 unspecified atom stereocenters. The molecule has 1 heterocycles. The first kappa shape index (κ1) is 14.1. The van der Waals surface area contributed by atoms with E-state index in [1.165, 1.54) is 11.1 Å². The van der Waals surface area contributed by atoms with Gasteiger partial charge in [0.25, 0.3) is 0 Å². The van der Waals surface area contributed by atoms with Crippen LogP contribution in [0.3, 0.4) is 0 Å². The molecule has 1 aliphatic heterocycles. The van der Waals surface area contributed by atoms with Crippen LogP contribution in [0.5, 0.6) is 0 Å². The van der Waals surface area contributed by atoms with Gasteiger partial charge in [-0.1, -0.05) is 30.3 Å². The third-order valence-electron chi connectivity index (χ3n) is 4.21. The molecule has 0 saturated heterocycles. The Hall–Kier alpha value is -1.87. The van der Waals surface area contributed by atoms with Crippen LogP contribution in [-0.4, -0.2) is 20.1 Å². The molecule has 3 rings (SSSR count). The third kappa shape index (κ3) is 2.93. The minimum absolute atomic E-state index is 0.122. The highest BCUT2D eigenvalue weighted by Crippen LogP contribution is 2.26. The molecule has 0 saturated carbocycles. The van der Waals surface area contributed by atoms with Crippen molar-refractivity contribution < 1.29 is 4.39 Å². The largest absolute Gasteiger partial charge is 0.371 e. The molecular formula is C18H21FN2. The Morgan fingerprint density at radius 3 is 2.29 bits per heavy atom. The van der Waals surface area contributed by atoms with Crippen LogP contribution < -0.4 is 10.2 Å². The molecule has 1 N–H and O–H groups in total. The monoisotopic (exact) mass is 284 g/mol. The lowest BCUT2D eigenvalue weighted by Crippen LogP contribution is -2.28. The zero-order valence-corrected chi connectivity index (χ0v) is 12.4. The molecular weight excluding hydrogens is 263 g/mol. The maximum absolute atomic E-state index is 14.1. The van der Waals surface area contributed by atoms with E-state index in [-0.39, 0.29) is 5.82 Å². The molecule has 0 bridgehead atoms. The van der Waals surface area contributed by atoms with Crippen molar-refractivity contribution in [2.75, 3.05) is 25.0 Å². The van der Waals surface area contributed by atoms with Gasteiger partial charge in [-0.25, -0.2) is 4.39 Å². The van der Waals surface area contributed by atoms with E-state index in [0.29, 0.717) is 6.54 Å². The van der Waals surface area contributed by atoms with Crippen LogP contribution in [0.4, 0.5) is 10.1 Å². The van der Waals surface area contributed by atoms with E-state index in [2.05, 4.69) is 34.5 Å². The van der Waals surface area contributed by atoms with E-state index in [1.54, 1.807) is 6.07 Å². The summed E-state index contributed by atoms with van der Waals surface area (Å²) in [6.07, 6.45) is 2.04. The van der Waals surface area contributed by atoms with Crippen LogP contribution in [0.2, 0.25) is 0 Å². The molecule has 21 heavy (non-hydrogen) atoms. The molecule has 110 valence electrons. The second kappa shape index (κ2) is 6.27. The number of anilines is 1. The van der Waals surface area contributed by atoms with Gasteiger partial charge in [0.05, 0.1) is 0 Å². The second-order valence-corrected chi connectivity index (χ2v) is 5.52. The molecule has 3 heteroatoms. The summed E-state index contributed by atoms with van der Waals surface area (Å²) in [5, 5.41) is 3.07. The quantitative estimate of drug-likeness (QED) is 0.931. The number of hydrogen-bond donors (Lipinski definition) is 1. The molecule has 1 aliphatic rings. The molecule has 2 aromatic carbocycles. The number of benzene rings is 2. The van der Waals surface area contributed by atoms with Crippen molar-refractivity contribution in [3.8, 4) is 0 Å². The summed E-state index contributed by atoms with van der Waals surface area (Å²) >= 11 is 0. The maximum atomic E-state index is 14.1. The van der Waals surface area contributed by atoms with Crippen LogP contribution in [-0.2, 0) is 19.4 Å². The summed E-state index contributed by atoms with van der Waals surface area (Å²) in [5.41, 5.74) is 4.64. The highest BCUT2D eigenvalue weighted by atomic mass is 19.1. The fraction of sp³-hybridized carbons (Fsp3) is 0.333. The Balaban J connectivity index is 1.88. The summed E-state index contributed by atoms with van der Waals surface area (Å²) in [5.74, 6) is -0.122. The first-order valence-corrected chi connectivity index (χ1v) is 7.53. The fourth-order valence-electron chi connectivity index (χ4n) is 3.10. The van der Waals surface area contributed by atoms with Crippen LogP contribution >= 0.6 is 0 Å². The Morgan fingerprint density at radius 2 is 1.67 bits per heavy atom. The van der Waals surface area contributed by atoms with Crippen molar-refractivity contribution in [2.24, 2.45) is 0 Å². The average Bonchev–Trinajstić information content (AvgIpc) is 2.72. The Labute approximate surface area is 125 Å². The van der Waals surface area contributed by atoms with Crippen molar-refractivity contribution in [1.29, 1.82) is 0 Å². The van der Waals surface area contributed by atoms with E-state index in [9.17, 15) is 4.39 Å². The van der Waals surface area contributed by atoms with Crippen molar-refractivity contribution in [3.05, 3.63) is 65.0 Å². The lowest BCUT2D eigenvalue weighted by molar-refractivity contribution is 0.598. The Bertz CT molecular complexity index is 597. The van der Waals surface area contributed by atoms with Gasteiger partial charge in [-0.3, -0.25) is 0 Å². The first-order chi connectivity index (χ1) is 10.3.